The molecular weight excluding hydrogens is 276 g/mol. The molecule has 1 spiro atoms. The van der Waals surface area contributed by atoms with Gasteiger partial charge in [0.1, 0.15) is 0 Å². The van der Waals surface area contributed by atoms with Gasteiger partial charge in [0.2, 0.25) is 5.91 Å². The number of nitrogens with zero attached hydrogens (tertiary/aromatic N) is 1. The molecule has 22 heavy (non-hydrogen) atoms. The van der Waals surface area contributed by atoms with Crippen LogP contribution in [-0.4, -0.2) is 36.3 Å². The van der Waals surface area contributed by atoms with Gasteiger partial charge < -0.3 is 10.2 Å². The summed E-state index contributed by atoms with van der Waals surface area (Å²) in [6, 6.07) is 13.8. The smallest absolute Gasteiger partial charge is 0.254 e. The van der Waals surface area contributed by atoms with E-state index in [0.717, 1.165) is 29.3 Å². The number of carbonyl (C=O) groups excluding carboxylic acids is 2. The van der Waals surface area contributed by atoms with Crippen molar-refractivity contribution in [3.8, 4) is 0 Å². The van der Waals surface area contributed by atoms with Gasteiger partial charge in [-0.1, -0.05) is 36.4 Å². The number of hydrogen-bond acceptors (Lipinski definition) is 2. The van der Waals surface area contributed by atoms with Crippen LogP contribution in [0.15, 0.2) is 42.5 Å². The molecule has 2 aliphatic rings. The van der Waals surface area contributed by atoms with E-state index in [1.54, 1.807) is 0 Å². The summed E-state index contributed by atoms with van der Waals surface area (Å²) >= 11 is 0. The highest BCUT2D eigenvalue weighted by atomic mass is 16.2. The highest BCUT2D eigenvalue weighted by Gasteiger charge is 2.45. The Hall–Kier alpha value is -2.36. The van der Waals surface area contributed by atoms with Gasteiger partial charge in [-0.05, 0) is 23.3 Å². The van der Waals surface area contributed by atoms with Crippen molar-refractivity contribution in [1.29, 1.82) is 0 Å². The monoisotopic (exact) mass is 294 g/mol. The van der Waals surface area contributed by atoms with Crippen LogP contribution in [0.4, 0.5) is 0 Å². The van der Waals surface area contributed by atoms with Gasteiger partial charge in [0.25, 0.3) is 5.91 Å². The second-order valence-electron chi connectivity index (χ2n) is 6.46. The molecule has 2 aromatic carbocycles. The molecule has 1 N–H and O–H groups in total. The first kappa shape index (κ1) is 13.3. The van der Waals surface area contributed by atoms with Gasteiger partial charge >= 0.3 is 0 Å². The molecule has 0 radical (unpaired) electrons. The number of hydrogen-bond donors (Lipinski definition) is 1. The summed E-state index contributed by atoms with van der Waals surface area (Å²) in [6.45, 7) is 2.11. The molecule has 0 aliphatic carbocycles. The van der Waals surface area contributed by atoms with Gasteiger partial charge in [0.05, 0.1) is 0 Å². The second kappa shape index (κ2) is 4.83. The van der Waals surface area contributed by atoms with Crippen LogP contribution >= 0.6 is 0 Å². The Morgan fingerprint density at radius 2 is 1.95 bits per heavy atom. The zero-order chi connectivity index (χ0) is 15.2. The molecule has 0 saturated carbocycles. The molecule has 0 bridgehead atoms. The Bertz CT molecular complexity index is 765. The summed E-state index contributed by atoms with van der Waals surface area (Å²) in [5.74, 6) is 0.187. The predicted octanol–water partition coefficient (Wildman–Crippen LogP) is 2.19. The molecule has 2 aromatic rings. The molecule has 112 valence electrons. The van der Waals surface area contributed by atoms with E-state index in [2.05, 4.69) is 5.32 Å². The molecule has 0 aromatic heterocycles. The van der Waals surface area contributed by atoms with Gasteiger partial charge in [-0.15, -0.1) is 0 Å². The maximum atomic E-state index is 12.9. The molecule has 2 fully saturated rings. The summed E-state index contributed by atoms with van der Waals surface area (Å²) in [5, 5.41) is 4.98. The normalized spacial score (nSPS) is 24.2. The first-order valence-electron chi connectivity index (χ1n) is 7.71. The van der Waals surface area contributed by atoms with Crippen LogP contribution in [0.25, 0.3) is 10.8 Å². The van der Waals surface area contributed by atoms with E-state index in [-0.39, 0.29) is 17.2 Å². The largest absolute Gasteiger partial charge is 0.355 e. The summed E-state index contributed by atoms with van der Waals surface area (Å²) in [4.78, 5) is 26.3. The Morgan fingerprint density at radius 1 is 1.14 bits per heavy atom. The Kier molecular flexibility index (Phi) is 2.93. The summed E-state index contributed by atoms with van der Waals surface area (Å²) in [6.07, 6.45) is 1.45. The van der Waals surface area contributed by atoms with Crippen molar-refractivity contribution in [2.24, 2.45) is 5.41 Å². The van der Waals surface area contributed by atoms with Crippen molar-refractivity contribution in [3.63, 3.8) is 0 Å². The van der Waals surface area contributed by atoms with Crippen molar-refractivity contribution in [1.82, 2.24) is 10.2 Å². The average Bonchev–Trinajstić information content (AvgIpc) is 3.12. The highest BCUT2D eigenvalue weighted by molar-refractivity contribution is 6.07. The topological polar surface area (TPSA) is 49.4 Å². The first-order valence-corrected chi connectivity index (χ1v) is 7.71. The molecule has 2 amide bonds. The number of carbonyl (C=O) groups is 2. The molecule has 1 atom stereocenters. The van der Waals surface area contributed by atoms with Crippen LogP contribution in [-0.2, 0) is 4.79 Å². The van der Waals surface area contributed by atoms with E-state index in [0.29, 0.717) is 19.5 Å². The van der Waals surface area contributed by atoms with E-state index in [9.17, 15) is 9.59 Å². The van der Waals surface area contributed by atoms with Crippen molar-refractivity contribution in [2.45, 2.75) is 12.8 Å². The van der Waals surface area contributed by atoms with E-state index < -0.39 is 0 Å². The van der Waals surface area contributed by atoms with Gasteiger partial charge in [0.15, 0.2) is 0 Å². The maximum Gasteiger partial charge on any atom is 0.254 e. The molecule has 4 rings (SSSR count). The lowest BCUT2D eigenvalue weighted by atomic mass is 9.86. The zero-order valence-corrected chi connectivity index (χ0v) is 12.3. The first-order chi connectivity index (χ1) is 10.7. The third kappa shape index (κ3) is 2.06. The van der Waals surface area contributed by atoms with Crippen LogP contribution < -0.4 is 5.32 Å². The number of likely N-dealkylation sites (tertiary alicyclic amines) is 1. The van der Waals surface area contributed by atoms with Gasteiger partial charge in [-0.3, -0.25) is 9.59 Å². The third-order valence-corrected chi connectivity index (χ3v) is 4.94. The van der Waals surface area contributed by atoms with Crippen molar-refractivity contribution in [2.75, 3.05) is 19.6 Å². The number of fused-ring (bicyclic) bond motifs is 1. The molecule has 1 unspecified atom stereocenters. The highest BCUT2D eigenvalue weighted by Crippen LogP contribution is 2.37. The third-order valence-electron chi connectivity index (χ3n) is 4.94. The summed E-state index contributed by atoms with van der Waals surface area (Å²) in [5.41, 5.74) is 0.713. The van der Waals surface area contributed by atoms with Crippen LogP contribution in [0.5, 0.6) is 0 Å². The standard InChI is InChI=1S/C18H18N2O2/c21-16-10-18(11-19-16)8-9-20(12-18)17(22)15-7-3-5-13-4-1-2-6-14(13)15/h1-7H,8-12H2,(H,19,21). The molecule has 2 aliphatic heterocycles. The van der Waals surface area contributed by atoms with Crippen LogP contribution in [0, 0.1) is 5.41 Å². The van der Waals surface area contributed by atoms with E-state index in [4.69, 9.17) is 0 Å². The Morgan fingerprint density at radius 3 is 2.77 bits per heavy atom. The lowest BCUT2D eigenvalue weighted by molar-refractivity contribution is -0.119. The number of amides is 2. The summed E-state index contributed by atoms with van der Waals surface area (Å²) < 4.78 is 0. The quantitative estimate of drug-likeness (QED) is 0.876. The average molecular weight is 294 g/mol. The van der Waals surface area contributed by atoms with Gasteiger partial charge in [0, 0.05) is 37.0 Å². The van der Waals surface area contributed by atoms with Crippen molar-refractivity contribution < 1.29 is 9.59 Å². The number of nitrogens with one attached hydrogen (secondary N) is 1. The fourth-order valence-corrected chi connectivity index (χ4v) is 3.73. The van der Waals surface area contributed by atoms with Crippen LogP contribution in [0.2, 0.25) is 0 Å². The lowest BCUT2D eigenvalue weighted by Crippen LogP contribution is -2.33. The fraction of sp³-hybridized carbons (Fsp3) is 0.333. The van der Waals surface area contributed by atoms with Gasteiger partial charge in [-0.2, -0.15) is 0 Å². The maximum absolute atomic E-state index is 12.9. The minimum atomic E-state index is -0.0443. The van der Waals surface area contributed by atoms with Gasteiger partial charge in [-0.25, -0.2) is 0 Å². The second-order valence-corrected chi connectivity index (χ2v) is 6.46. The zero-order valence-electron chi connectivity index (χ0n) is 12.3. The van der Waals surface area contributed by atoms with E-state index in [1.165, 1.54) is 0 Å². The SMILES string of the molecule is O=C1CC2(CCN(C(=O)c3cccc4ccccc34)C2)CN1. The molecule has 2 saturated heterocycles. The Balaban J connectivity index is 1.63. The number of benzene rings is 2. The Labute approximate surface area is 129 Å². The van der Waals surface area contributed by atoms with Crippen molar-refractivity contribution >= 4 is 22.6 Å². The number of rotatable bonds is 1. The minimum absolute atomic E-state index is 0.0443. The summed E-state index contributed by atoms with van der Waals surface area (Å²) in [7, 11) is 0. The van der Waals surface area contributed by atoms with Crippen molar-refractivity contribution in [3.05, 3.63) is 48.0 Å². The van der Waals surface area contributed by atoms with Crippen LogP contribution in [0.1, 0.15) is 23.2 Å². The minimum Gasteiger partial charge on any atom is -0.355 e. The predicted molar refractivity (Wildman–Crippen MR) is 84.5 cm³/mol. The fourth-order valence-electron chi connectivity index (χ4n) is 3.73. The van der Waals surface area contributed by atoms with Crippen LogP contribution in [0.3, 0.4) is 0 Å². The lowest BCUT2D eigenvalue weighted by Gasteiger charge is -2.22. The van der Waals surface area contributed by atoms with E-state index in [1.807, 2.05) is 47.4 Å². The molecular formula is C18H18N2O2. The molecule has 4 heteroatoms. The molecule has 4 nitrogen and oxygen atoms in total. The molecule has 2 heterocycles. The van der Waals surface area contributed by atoms with E-state index >= 15 is 0 Å².